The summed E-state index contributed by atoms with van der Waals surface area (Å²) in [6, 6.07) is -1.10. The average Bonchev–Trinajstić information content (AvgIpc) is 2.34. The molecule has 8 heteroatoms. The van der Waals surface area contributed by atoms with Gasteiger partial charge in [-0.15, -0.1) is 0 Å². The van der Waals surface area contributed by atoms with E-state index in [0.717, 1.165) is 0 Å². The maximum absolute atomic E-state index is 10.9. The Hall–Kier alpha value is -1.51. The van der Waals surface area contributed by atoms with E-state index in [9.17, 15) is 19.5 Å². The predicted molar refractivity (Wildman–Crippen MR) is 63.3 cm³/mol. The quantitative estimate of drug-likeness (QED) is 0.369. The number of aldehydes is 1. The topological polar surface area (TPSA) is 133 Å². The van der Waals surface area contributed by atoms with Crippen LogP contribution >= 0.6 is 0 Å². The van der Waals surface area contributed by atoms with Gasteiger partial charge in [-0.25, -0.2) is 4.79 Å². The van der Waals surface area contributed by atoms with Crippen molar-refractivity contribution in [2.24, 2.45) is 0 Å². The Labute approximate surface area is 110 Å². The second-order valence-corrected chi connectivity index (χ2v) is 4.09. The van der Waals surface area contributed by atoms with Crippen LogP contribution in [0.4, 0.5) is 0 Å². The summed E-state index contributed by atoms with van der Waals surface area (Å²) in [6.07, 6.45) is -3.23. The Morgan fingerprint density at radius 1 is 1.42 bits per heavy atom. The summed E-state index contributed by atoms with van der Waals surface area (Å²) in [4.78, 5) is 32.6. The number of carbonyl (C=O) groups excluding carboxylic acids is 2. The van der Waals surface area contributed by atoms with Gasteiger partial charge in [-0.1, -0.05) is 0 Å². The van der Waals surface area contributed by atoms with Crippen LogP contribution in [0.15, 0.2) is 0 Å². The summed E-state index contributed by atoms with van der Waals surface area (Å²) < 4.78 is 5.12. The van der Waals surface area contributed by atoms with E-state index in [4.69, 9.17) is 14.9 Å². The van der Waals surface area contributed by atoms with Crippen LogP contribution in [-0.2, 0) is 19.1 Å². The molecule has 0 bridgehead atoms. The summed E-state index contributed by atoms with van der Waals surface area (Å²) in [6.45, 7) is 1.89. The van der Waals surface area contributed by atoms with Crippen molar-refractivity contribution in [1.29, 1.82) is 0 Å². The van der Waals surface area contributed by atoms with E-state index in [1.807, 2.05) is 0 Å². The van der Waals surface area contributed by atoms with Crippen LogP contribution in [0.3, 0.4) is 0 Å². The fraction of sp³-hybridized carbons (Fsp3) is 0.727. The van der Waals surface area contributed by atoms with E-state index in [1.54, 1.807) is 0 Å². The summed E-state index contributed by atoms with van der Waals surface area (Å²) in [5.41, 5.74) is 0. The molecule has 0 aromatic rings. The Morgan fingerprint density at radius 2 is 2.00 bits per heavy atom. The molecule has 0 aromatic heterocycles. The SMILES string of the molecule is CC(=O)NC(C=O)C(CC(O)CO)OC(C)C(=O)O. The second kappa shape index (κ2) is 8.57. The highest BCUT2D eigenvalue weighted by Crippen LogP contribution is 2.10. The van der Waals surface area contributed by atoms with Gasteiger partial charge >= 0.3 is 5.97 Å². The first kappa shape index (κ1) is 17.5. The minimum atomic E-state index is -1.24. The number of nitrogens with one attached hydrogen (secondary N) is 1. The minimum Gasteiger partial charge on any atom is -0.479 e. The van der Waals surface area contributed by atoms with Gasteiger partial charge in [0.2, 0.25) is 5.91 Å². The maximum atomic E-state index is 10.9. The number of hydrogen-bond donors (Lipinski definition) is 4. The molecule has 110 valence electrons. The zero-order valence-corrected chi connectivity index (χ0v) is 10.8. The minimum absolute atomic E-state index is 0.183. The van der Waals surface area contributed by atoms with Gasteiger partial charge in [-0.05, 0) is 6.92 Å². The maximum Gasteiger partial charge on any atom is 0.332 e. The molecular weight excluding hydrogens is 258 g/mol. The number of ether oxygens (including phenoxy) is 1. The third-order valence-corrected chi connectivity index (χ3v) is 2.36. The van der Waals surface area contributed by atoms with E-state index >= 15 is 0 Å². The van der Waals surface area contributed by atoms with Crippen molar-refractivity contribution in [2.45, 2.75) is 44.6 Å². The van der Waals surface area contributed by atoms with Crippen LogP contribution in [0.5, 0.6) is 0 Å². The third-order valence-electron chi connectivity index (χ3n) is 2.36. The van der Waals surface area contributed by atoms with E-state index in [0.29, 0.717) is 6.29 Å². The molecule has 4 atom stereocenters. The largest absolute Gasteiger partial charge is 0.479 e. The molecule has 0 saturated carbocycles. The van der Waals surface area contributed by atoms with E-state index in [2.05, 4.69) is 5.32 Å². The zero-order chi connectivity index (χ0) is 15.0. The molecule has 0 aliphatic carbocycles. The molecule has 0 aromatic carbocycles. The monoisotopic (exact) mass is 277 g/mol. The van der Waals surface area contributed by atoms with Crippen molar-refractivity contribution in [2.75, 3.05) is 6.61 Å². The van der Waals surface area contributed by atoms with Crippen molar-refractivity contribution in [3.8, 4) is 0 Å². The van der Waals surface area contributed by atoms with Gasteiger partial charge in [0.05, 0.1) is 18.8 Å². The van der Waals surface area contributed by atoms with Crippen LogP contribution in [0.2, 0.25) is 0 Å². The summed E-state index contributed by atoms with van der Waals surface area (Å²) in [5.74, 6) is -1.73. The molecule has 0 heterocycles. The number of hydrogen-bond acceptors (Lipinski definition) is 6. The fourth-order valence-electron chi connectivity index (χ4n) is 1.40. The number of aliphatic carboxylic acids is 1. The third kappa shape index (κ3) is 6.85. The van der Waals surface area contributed by atoms with Gasteiger partial charge < -0.3 is 30.2 Å². The Balaban J connectivity index is 4.84. The molecule has 4 unspecified atom stereocenters. The van der Waals surface area contributed by atoms with Gasteiger partial charge in [0, 0.05) is 13.3 Å². The highest BCUT2D eigenvalue weighted by atomic mass is 16.5. The lowest BCUT2D eigenvalue weighted by molar-refractivity contribution is -0.156. The lowest BCUT2D eigenvalue weighted by atomic mass is 10.0. The van der Waals surface area contributed by atoms with Crippen LogP contribution in [0.25, 0.3) is 0 Å². The van der Waals surface area contributed by atoms with Crippen molar-refractivity contribution in [3.05, 3.63) is 0 Å². The molecule has 0 radical (unpaired) electrons. The molecule has 1 amide bonds. The zero-order valence-electron chi connectivity index (χ0n) is 10.8. The number of aliphatic hydroxyl groups excluding tert-OH is 2. The first-order chi connectivity index (χ1) is 8.81. The van der Waals surface area contributed by atoms with E-state index in [-0.39, 0.29) is 6.42 Å². The van der Waals surface area contributed by atoms with E-state index in [1.165, 1.54) is 13.8 Å². The summed E-state index contributed by atoms with van der Waals surface area (Å²) >= 11 is 0. The lowest BCUT2D eigenvalue weighted by Gasteiger charge is -2.27. The van der Waals surface area contributed by atoms with Gasteiger partial charge in [0.15, 0.2) is 6.10 Å². The molecule has 4 N–H and O–H groups in total. The molecule has 0 fully saturated rings. The molecule has 0 rings (SSSR count). The Morgan fingerprint density at radius 3 is 2.37 bits per heavy atom. The van der Waals surface area contributed by atoms with Gasteiger partial charge in [0.25, 0.3) is 0 Å². The second-order valence-electron chi connectivity index (χ2n) is 4.09. The molecule has 0 saturated heterocycles. The Bertz CT molecular complexity index is 320. The normalized spacial score (nSPS) is 17.1. The van der Waals surface area contributed by atoms with Crippen LogP contribution < -0.4 is 5.32 Å². The van der Waals surface area contributed by atoms with Crippen LogP contribution in [0.1, 0.15) is 20.3 Å². The van der Waals surface area contributed by atoms with Gasteiger partial charge in [0.1, 0.15) is 12.3 Å². The average molecular weight is 277 g/mol. The highest BCUT2D eigenvalue weighted by Gasteiger charge is 2.28. The molecule has 0 aliphatic rings. The first-order valence-electron chi connectivity index (χ1n) is 5.71. The number of amides is 1. The molecule has 8 nitrogen and oxygen atoms in total. The van der Waals surface area contributed by atoms with Crippen molar-refractivity contribution < 1.29 is 34.4 Å². The summed E-state index contributed by atoms with van der Waals surface area (Å²) in [5, 5.41) is 29.1. The van der Waals surface area contributed by atoms with Crippen molar-refractivity contribution >= 4 is 18.2 Å². The van der Waals surface area contributed by atoms with Gasteiger partial charge in [-0.2, -0.15) is 0 Å². The fourth-order valence-corrected chi connectivity index (χ4v) is 1.40. The smallest absolute Gasteiger partial charge is 0.332 e. The number of carboxylic acids is 1. The number of rotatable bonds is 9. The van der Waals surface area contributed by atoms with Crippen molar-refractivity contribution in [1.82, 2.24) is 5.32 Å². The molecular formula is C11H19NO7. The van der Waals surface area contributed by atoms with E-state index < -0.39 is 42.8 Å². The number of carboxylic acid groups (broad SMARTS) is 1. The highest BCUT2D eigenvalue weighted by molar-refractivity contribution is 5.77. The summed E-state index contributed by atoms with van der Waals surface area (Å²) in [7, 11) is 0. The predicted octanol–water partition coefficient (Wildman–Crippen LogP) is -1.71. The Kier molecular flexibility index (Phi) is 7.89. The lowest BCUT2D eigenvalue weighted by Crippen LogP contribution is -2.48. The van der Waals surface area contributed by atoms with Crippen LogP contribution in [0, 0.1) is 0 Å². The van der Waals surface area contributed by atoms with Crippen molar-refractivity contribution in [3.63, 3.8) is 0 Å². The molecule has 0 spiro atoms. The molecule has 19 heavy (non-hydrogen) atoms. The number of aliphatic hydroxyl groups is 2. The molecule has 0 aliphatic heterocycles. The van der Waals surface area contributed by atoms with Crippen LogP contribution in [-0.4, -0.2) is 64.4 Å². The number of carbonyl (C=O) groups is 3. The standard InChI is InChI=1S/C11H19NO7/c1-6(11(17)18)19-10(3-8(16)4-13)9(5-14)12-7(2)15/h5-6,8-10,13,16H,3-4H2,1-2H3,(H,12,15)(H,17,18). The van der Waals surface area contributed by atoms with Gasteiger partial charge in [-0.3, -0.25) is 4.79 Å². The first-order valence-corrected chi connectivity index (χ1v) is 5.71.